The largest absolute Gasteiger partial charge is 0.506 e. The lowest BCUT2D eigenvalue weighted by molar-refractivity contribution is 0.452. The van der Waals surface area contributed by atoms with Gasteiger partial charge in [-0.1, -0.05) is 23.7 Å². The first-order valence-corrected chi connectivity index (χ1v) is 7.97. The zero-order valence-corrected chi connectivity index (χ0v) is 14.0. The maximum absolute atomic E-state index is 10.4. The van der Waals surface area contributed by atoms with E-state index in [9.17, 15) is 5.11 Å². The zero-order chi connectivity index (χ0) is 16.1. The topological polar surface area (TPSA) is 88.5 Å². The van der Waals surface area contributed by atoms with Crippen LogP contribution < -0.4 is 11.1 Å². The van der Waals surface area contributed by atoms with Crippen LogP contribution in [-0.4, -0.2) is 20.6 Å². The van der Waals surface area contributed by atoms with Crippen molar-refractivity contribution >= 4 is 50.5 Å². The highest BCUT2D eigenvalue weighted by molar-refractivity contribution is 9.10. The number of fused-ring (bicyclic) bond motifs is 3. The van der Waals surface area contributed by atoms with E-state index in [2.05, 4.69) is 31.2 Å². The summed E-state index contributed by atoms with van der Waals surface area (Å²) in [5.74, 6) is 0.870. The van der Waals surface area contributed by atoms with Crippen LogP contribution in [0, 0.1) is 0 Å². The molecule has 0 radical (unpaired) electrons. The Kier molecular flexibility index (Phi) is 3.21. The molecule has 0 bridgehead atoms. The van der Waals surface area contributed by atoms with E-state index in [1.165, 1.54) is 0 Å². The van der Waals surface area contributed by atoms with Gasteiger partial charge in [-0.05, 0) is 40.2 Å². The summed E-state index contributed by atoms with van der Waals surface area (Å²) in [6.07, 6.45) is -0.561. The fourth-order valence-electron chi connectivity index (χ4n) is 2.71. The summed E-state index contributed by atoms with van der Waals surface area (Å²) in [7, 11) is 0. The number of aliphatic imine (C=N–C) groups is 1. The number of imidazole rings is 1. The summed E-state index contributed by atoms with van der Waals surface area (Å²) in [4.78, 5) is 8.94. The number of nitrogens with two attached hydrogens (primary N) is 1. The Morgan fingerprint density at radius 3 is 2.91 bits per heavy atom. The molecule has 4 N–H and O–H groups in total. The number of anilines is 1. The van der Waals surface area contributed by atoms with Crippen LogP contribution in [0.15, 0.2) is 45.9 Å². The first-order chi connectivity index (χ1) is 11.0. The van der Waals surface area contributed by atoms with Gasteiger partial charge >= 0.3 is 0 Å². The van der Waals surface area contributed by atoms with Crippen LogP contribution >= 0.6 is 27.5 Å². The van der Waals surface area contributed by atoms with Crippen LogP contribution in [0.5, 0.6) is 5.75 Å². The second-order valence-electron chi connectivity index (χ2n) is 5.13. The van der Waals surface area contributed by atoms with E-state index in [-0.39, 0.29) is 11.7 Å². The Morgan fingerprint density at radius 2 is 2.09 bits per heavy atom. The Bertz CT molecular complexity index is 968. The summed E-state index contributed by atoms with van der Waals surface area (Å²) in [5.41, 5.74) is 8.12. The van der Waals surface area contributed by atoms with E-state index in [0.29, 0.717) is 21.0 Å². The van der Waals surface area contributed by atoms with Gasteiger partial charge in [0, 0.05) is 10.6 Å². The van der Waals surface area contributed by atoms with Crippen LogP contribution in [0.25, 0.3) is 11.0 Å². The average molecular weight is 393 g/mol. The molecule has 2 heterocycles. The SMILES string of the molecule is NC1=N[C@H](c2cc(Cl)cc(Br)c2O)n2c(nc3ccccc32)N1. The Labute approximate surface area is 144 Å². The van der Waals surface area contributed by atoms with Crippen LogP contribution in [0.1, 0.15) is 11.7 Å². The third-order valence-electron chi connectivity index (χ3n) is 3.68. The maximum Gasteiger partial charge on any atom is 0.212 e. The predicted molar refractivity (Wildman–Crippen MR) is 93.9 cm³/mol. The predicted octanol–water partition coefficient (Wildman–Crippen LogP) is 3.44. The average Bonchev–Trinajstić information content (AvgIpc) is 2.88. The van der Waals surface area contributed by atoms with Gasteiger partial charge in [0.15, 0.2) is 12.1 Å². The van der Waals surface area contributed by atoms with Crippen molar-refractivity contribution in [3.8, 4) is 5.75 Å². The molecule has 23 heavy (non-hydrogen) atoms. The first-order valence-electron chi connectivity index (χ1n) is 6.80. The van der Waals surface area contributed by atoms with E-state index >= 15 is 0 Å². The number of halogens is 2. The molecule has 0 amide bonds. The number of hydrogen-bond donors (Lipinski definition) is 3. The highest BCUT2D eigenvalue weighted by atomic mass is 79.9. The normalized spacial score (nSPS) is 16.8. The molecule has 8 heteroatoms. The first kappa shape index (κ1) is 14.3. The Balaban J connectivity index is 2.01. The number of aromatic nitrogens is 2. The minimum atomic E-state index is -0.561. The lowest BCUT2D eigenvalue weighted by atomic mass is 10.1. The minimum absolute atomic E-state index is 0.0709. The van der Waals surface area contributed by atoms with Crippen LogP contribution in [0.4, 0.5) is 5.95 Å². The summed E-state index contributed by atoms with van der Waals surface area (Å²) in [6, 6.07) is 11.0. The third-order valence-corrected chi connectivity index (χ3v) is 4.50. The number of nitrogens with one attached hydrogen (secondary N) is 1. The molecule has 1 aliphatic heterocycles. The van der Waals surface area contributed by atoms with Crippen LogP contribution in [0.3, 0.4) is 0 Å². The van der Waals surface area contributed by atoms with Crippen LogP contribution in [-0.2, 0) is 0 Å². The monoisotopic (exact) mass is 391 g/mol. The summed E-state index contributed by atoms with van der Waals surface area (Å²) in [6.45, 7) is 0. The number of phenols is 1. The van der Waals surface area contributed by atoms with Gasteiger partial charge in [0.1, 0.15) is 5.75 Å². The molecule has 1 aliphatic rings. The highest BCUT2D eigenvalue weighted by Gasteiger charge is 2.27. The van der Waals surface area contributed by atoms with Crippen molar-refractivity contribution in [3.05, 3.63) is 51.5 Å². The van der Waals surface area contributed by atoms with Gasteiger partial charge in [-0.15, -0.1) is 0 Å². The second-order valence-corrected chi connectivity index (χ2v) is 6.42. The molecule has 0 unspecified atom stereocenters. The van der Waals surface area contributed by atoms with Gasteiger partial charge < -0.3 is 10.8 Å². The maximum atomic E-state index is 10.4. The van der Waals surface area contributed by atoms with Gasteiger partial charge in [-0.25, -0.2) is 9.98 Å². The number of benzene rings is 2. The van der Waals surface area contributed by atoms with E-state index in [1.54, 1.807) is 12.1 Å². The minimum Gasteiger partial charge on any atom is -0.506 e. The molecule has 1 aromatic heterocycles. The molecule has 1 atom stereocenters. The number of phenolic OH excluding ortho intramolecular Hbond substituents is 1. The van der Waals surface area contributed by atoms with Crippen molar-refractivity contribution in [1.29, 1.82) is 0 Å². The van der Waals surface area contributed by atoms with E-state index in [4.69, 9.17) is 17.3 Å². The van der Waals surface area contributed by atoms with Crippen molar-refractivity contribution < 1.29 is 5.11 Å². The molecule has 0 fully saturated rings. The summed E-state index contributed by atoms with van der Waals surface area (Å²) < 4.78 is 2.38. The molecule has 0 aliphatic carbocycles. The number of hydrogen-bond acceptors (Lipinski definition) is 5. The van der Waals surface area contributed by atoms with Gasteiger partial charge in [-0.3, -0.25) is 9.88 Å². The molecular weight excluding hydrogens is 382 g/mol. The number of rotatable bonds is 1. The van der Waals surface area contributed by atoms with Gasteiger partial charge in [0.2, 0.25) is 5.95 Å². The Hall–Kier alpha value is -2.25. The van der Waals surface area contributed by atoms with Gasteiger partial charge in [0.05, 0.1) is 15.5 Å². The number of para-hydroxylation sites is 2. The molecule has 2 aromatic carbocycles. The van der Waals surface area contributed by atoms with Gasteiger partial charge in [-0.2, -0.15) is 0 Å². The van der Waals surface area contributed by atoms with Crippen molar-refractivity contribution in [1.82, 2.24) is 9.55 Å². The van der Waals surface area contributed by atoms with E-state index in [0.717, 1.165) is 11.0 Å². The lowest BCUT2D eigenvalue weighted by Crippen LogP contribution is -2.31. The molecular formula is C15H11BrClN5O. The zero-order valence-electron chi connectivity index (χ0n) is 11.7. The molecule has 116 valence electrons. The molecule has 0 spiro atoms. The molecule has 0 saturated carbocycles. The molecule has 4 rings (SSSR count). The van der Waals surface area contributed by atoms with Crippen molar-refractivity contribution in [2.75, 3.05) is 5.32 Å². The Morgan fingerprint density at radius 1 is 1.30 bits per heavy atom. The summed E-state index contributed by atoms with van der Waals surface area (Å²) >= 11 is 9.44. The smallest absolute Gasteiger partial charge is 0.212 e. The lowest BCUT2D eigenvalue weighted by Gasteiger charge is -2.24. The number of aromatic hydroxyl groups is 1. The van der Waals surface area contributed by atoms with Crippen molar-refractivity contribution in [2.24, 2.45) is 10.7 Å². The summed E-state index contributed by atoms with van der Waals surface area (Å²) in [5, 5.41) is 13.9. The second kappa shape index (κ2) is 5.14. The molecule has 3 aromatic rings. The van der Waals surface area contributed by atoms with E-state index in [1.807, 2.05) is 28.8 Å². The fourth-order valence-corrected chi connectivity index (χ4v) is 3.54. The van der Waals surface area contributed by atoms with Crippen molar-refractivity contribution in [3.63, 3.8) is 0 Å². The molecule has 0 saturated heterocycles. The van der Waals surface area contributed by atoms with E-state index < -0.39 is 6.17 Å². The number of guanidine groups is 1. The highest BCUT2D eigenvalue weighted by Crippen LogP contribution is 2.40. The fraction of sp³-hybridized carbons (Fsp3) is 0.0667. The standard InChI is InChI=1S/C15H11BrClN5O/c16-9-6-7(17)5-8(12(9)23)13-20-14(18)21-15-19-10-3-1-2-4-11(10)22(13)15/h1-6,13,23H,(H3,18,19,20,21)/t13-/m0/s1. The van der Waals surface area contributed by atoms with Crippen LogP contribution in [0.2, 0.25) is 5.02 Å². The van der Waals surface area contributed by atoms with Crippen molar-refractivity contribution in [2.45, 2.75) is 6.17 Å². The third kappa shape index (κ3) is 2.24. The molecule has 6 nitrogen and oxygen atoms in total. The van der Waals surface area contributed by atoms with Gasteiger partial charge in [0.25, 0.3) is 0 Å². The number of nitrogens with zero attached hydrogens (tertiary/aromatic N) is 3. The quantitative estimate of drug-likeness (QED) is 0.592.